The minimum Gasteiger partial charge on any atom is -0.358 e. The van der Waals surface area contributed by atoms with E-state index in [0.717, 1.165) is 5.56 Å². The number of benzene rings is 1. The number of nitrogens with zero attached hydrogens (tertiary/aromatic N) is 4. The number of carbonyl (C=O) groups excluding carboxylic acids is 1. The number of aromatic nitrogens is 2. The van der Waals surface area contributed by atoms with Crippen LogP contribution in [0.5, 0.6) is 0 Å². The van der Waals surface area contributed by atoms with E-state index in [4.69, 9.17) is 0 Å². The highest BCUT2D eigenvalue weighted by molar-refractivity contribution is 7.89. The zero-order valence-electron chi connectivity index (χ0n) is 15.8. The summed E-state index contributed by atoms with van der Waals surface area (Å²) in [7, 11) is -0.437. The lowest BCUT2D eigenvalue weighted by atomic mass is 10.1. The molecule has 0 unspecified atom stereocenters. The summed E-state index contributed by atoms with van der Waals surface area (Å²) in [6.07, 6.45) is 1.51. The lowest BCUT2D eigenvalue weighted by Gasteiger charge is -2.39. The second-order valence-corrected chi connectivity index (χ2v) is 8.61. The molecular weight excluding hydrogens is 366 g/mol. The fraction of sp³-hybridized carbons (Fsp3) is 0.444. The number of piperazine rings is 1. The van der Waals surface area contributed by atoms with Gasteiger partial charge in [-0.1, -0.05) is 30.3 Å². The SMILES string of the molecule is CNC(=O)[C@@H]1CN(S(=O)(=O)c2cn(C)nc2C)CCN1Cc1ccccc1. The van der Waals surface area contributed by atoms with Gasteiger partial charge in [0, 0.05) is 46.5 Å². The highest BCUT2D eigenvalue weighted by Gasteiger charge is 2.38. The van der Waals surface area contributed by atoms with E-state index < -0.39 is 16.1 Å². The normalized spacial score (nSPS) is 19.1. The van der Waals surface area contributed by atoms with Crippen molar-refractivity contribution in [2.75, 3.05) is 26.7 Å². The first-order chi connectivity index (χ1) is 12.8. The average Bonchev–Trinajstić information content (AvgIpc) is 3.01. The minimum absolute atomic E-state index is 0.114. The van der Waals surface area contributed by atoms with Crippen molar-refractivity contribution in [3.63, 3.8) is 0 Å². The highest BCUT2D eigenvalue weighted by atomic mass is 32.2. The number of sulfonamides is 1. The molecule has 0 spiro atoms. The second kappa shape index (κ2) is 7.79. The summed E-state index contributed by atoms with van der Waals surface area (Å²) in [6, 6.07) is 9.31. The lowest BCUT2D eigenvalue weighted by Crippen LogP contribution is -2.59. The van der Waals surface area contributed by atoms with Crippen LogP contribution in [0.25, 0.3) is 0 Å². The Balaban J connectivity index is 1.83. The number of likely N-dealkylation sites (N-methyl/N-ethyl adjacent to an activating group) is 1. The number of hydrogen-bond donors (Lipinski definition) is 1. The van der Waals surface area contributed by atoms with Crippen LogP contribution in [0.15, 0.2) is 41.4 Å². The molecule has 0 aliphatic carbocycles. The topological polar surface area (TPSA) is 87.5 Å². The van der Waals surface area contributed by atoms with E-state index in [2.05, 4.69) is 10.4 Å². The van der Waals surface area contributed by atoms with Gasteiger partial charge in [-0.3, -0.25) is 14.4 Å². The van der Waals surface area contributed by atoms with Gasteiger partial charge in [-0.25, -0.2) is 8.42 Å². The molecule has 1 amide bonds. The van der Waals surface area contributed by atoms with Gasteiger partial charge in [0.2, 0.25) is 15.9 Å². The molecule has 0 radical (unpaired) electrons. The lowest BCUT2D eigenvalue weighted by molar-refractivity contribution is -0.127. The molecule has 0 saturated carbocycles. The fourth-order valence-corrected chi connectivity index (χ4v) is 5.04. The van der Waals surface area contributed by atoms with E-state index in [1.165, 1.54) is 15.2 Å². The molecule has 146 valence electrons. The number of rotatable bonds is 5. The smallest absolute Gasteiger partial charge is 0.246 e. The maximum absolute atomic E-state index is 13.1. The van der Waals surface area contributed by atoms with Gasteiger partial charge in [-0.05, 0) is 12.5 Å². The standard InChI is InChI=1S/C18H25N5O3S/c1-14-17(13-21(3)20-14)27(25,26)23-10-9-22(16(12-23)18(24)19-2)11-15-7-5-4-6-8-15/h4-8,13,16H,9-12H2,1-3H3,(H,19,24)/t16-/m0/s1. The van der Waals surface area contributed by atoms with E-state index in [9.17, 15) is 13.2 Å². The van der Waals surface area contributed by atoms with E-state index in [1.807, 2.05) is 35.2 Å². The first-order valence-corrected chi connectivity index (χ1v) is 10.3. The van der Waals surface area contributed by atoms with Gasteiger partial charge in [0.15, 0.2) is 0 Å². The third-order valence-electron chi connectivity index (χ3n) is 4.82. The summed E-state index contributed by atoms with van der Waals surface area (Å²) in [5.41, 5.74) is 1.55. The van der Waals surface area contributed by atoms with Crippen molar-refractivity contribution in [2.24, 2.45) is 7.05 Å². The van der Waals surface area contributed by atoms with Gasteiger partial charge in [-0.2, -0.15) is 9.40 Å². The predicted molar refractivity (Wildman–Crippen MR) is 101 cm³/mol. The first kappa shape index (κ1) is 19.5. The molecule has 8 nitrogen and oxygen atoms in total. The molecule has 0 bridgehead atoms. The Morgan fingerprint density at radius 3 is 2.56 bits per heavy atom. The predicted octanol–water partition coefficient (Wildman–Crippen LogP) is 0.350. The first-order valence-electron chi connectivity index (χ1n) is 8.83. The molecule has 1 atom stereocenters. The van der Waals surface area contributed by atoms with Gasteiger partial charge in [0.1, 0.15) is 10.9 Å². The molecule has 1 N–H and O–H groups in total. The van der Waals surface area contributed by atoms with Crippen LogP contribution in [-0.4, -0.2) is 66.0 Å². The van der Waals surface area contributed by atoms with Crippen molar-refractivity contribution in [3.8, 4) is 0 Å². The second-order valence-electron chi connectivity index (χ2n) is 6.70. The van der Waals surface area contributed by atoms with Crippen LogP contribution in [0, 0.1) is 6.92 Å². The molecule has 3 rings (SSSR count). The molecule has 1 aliphatic rings. The Bertz CT molecular complexity index is 910. The summed E-state index contributed by atoms with van der Waals surface area (Å²) in [6.45, 7) is 3.19. The van der Waals surface area contributed by atoms with Crippen molar-refractivity contribution in [3.05, 3.63) is 47.8 Å². The molecule has 1 aromatic heterocycles. The largest absolute Gasteiger partial charge is 0.358 e. The Morgan fingerprint density at radius 2 is 1.96 bits per heavy atom. The Hall–Kier alpha value is -2.23. The maximum atomic E-state index is 13.1. The Kier molecular flexibility index (Phi) is 5.64. The van der Waals surface area contributed by atoms with Crippen LogP contribution < -0.4 is 5.32 Å². The van der Waals surface area contributed by atoms with Gasteiger partial charge in [-0.15, -0.1) is 0 Å². The molecule has 27 heavy (non-hydrogen) atoms. The van der Waals surface area contributed by atoms with Crippen LogP contribution in [0.1, 0.15) is 11.3 Å². The Morgan fingerprint density at radius 1 is 1.26 bits per heavy atom. The quantitative estimate of drug-likeness (QED) is 0.795. The number of amides is 1. The number of carbonyl (C=O) groups is 1. The van der Waals surface area contributed by atoms with Crippen molar-refractivity contribution < 1.29 is 13.2 Å². The van der Waals surface area contributed by atoms with E-state index in [-0.39, 0.29) is 17.3 Å². The van der Waals surface area contributed by atoms with Gasteiger partial charge >= 0.3 is 0 Å². The van der Waals surface area contributed by atoms with Crippen molar-refractivity contribution in [2.45, 2.75) is 24.4 Å². The minimum atomic E-state index is -3.70. The molecule has 2 heterocycles. The van der Waals surface area contributed by atoms with Crippen LogP contribution >= 0.6 is 0 Å². The zero-order chi connectivity index (χ0) is 19.6. The monoisotopic (exact) mass is 391 g/mol. The third kappa shape index (κ3) is 4.05. The summed E-state index contributed by atoms with van der Waals surface area (Å²) in [4.78, 5) is 14.7. The maximum Gasteiger partial charge on any atom is 0.246 e. The molecule has 1 aliphatic heterocycles. The summed E-state index contributed by atoms with van der Waals surface area (Å²) < 4.78 is 29.0. The van der Waals surface area contributed by atoms with E-state index in [1.54, 1.807) is 21.0 Å². The number of hydrogen-bond acceptors (Lipinski definition) is 5. The van der Waals surface area contributed by atoms with Crippen LogP contribution in [-0.2, 0) is 28.4 Å². The van der Waals surface area contributed by atoms with Gasteiger partial charge in [0.25, 0.3) is 0 Å². The molecule has 2 aromatic rings. The van der Waals surface area contributed by atoms with Crippen LogP contribution in [0.2, 0.25) is 0 Å². The molecule has 1 aromatic carbocycles. The summed E-state index contributed by atoms with van der Waals surface area (Å²) in [5, 5.41) is 6.79. The van der Waals surface area contributed by atoms with E-state index >= 15 is 0 Å². The zero-order valence-corrected chi connectivity index (χ0v) is 16.6. The van der Waals surface area contributed by atoms with Crippen molar-refractivity contribution in [1.29, 1.82) is 0 Å². The molecular formula is C18H25N5O3S. The average molecular weight is 391 g/mol. The van der Waals surface area contributed by atoms with Crippen molar-refractivity contribution in [1.82, 2.24) is 24.3 Å². The molecule has 1 saturated heterocycles. The Labute approximate surface area is 159 Å². The van der Waals surface area contributed by atoms with E-state index in [0.29, 0.717) is 25.3 Å². The van der Waals surface area contributed by atoms with Crippen LogP contribution in [0.3, 0.4) is 0 Å². The number of aryl methyl sites for hydroxylation is 2. The van der Waals surface area contributed by atoms with Crippen molar-refractivity contribution >= 4 is 15.9 Å². The van der Waals surface area contributed by atoms with Gasteiger partial charge in [0.05, 0.1) is 5.69 Å². The highest BCUT2D eigenvalue weighted by Crippen LogP contribution is 2.23. The molecule has 1 fully saturated rings. The summed E-state index contributed by atoms with van der Waals surface area (Å²) in [5.74, 6) is -0.186. The van der Waals surface area contributed by atoms with Crippen LogP contribution in [0.4, 0.5) is 0 Å². The summed E-state index contributed by atoms with van der Waals surface area (Å²) >= 11 is 0. The number of nitrogens with one attached hydrogen (secondary N) is 1. The third-order valence-corrected chi connectivity index (χ3v) is 6.79. The molecule has 9 heteroatoms. The van der Waals surface area contributed by atoms with Gasteiger partial charge < -0.3 is 5.32 Å². The fourth-order valence-electron chi connectivity index (χ4n) is 3.41.